The van der Waals surface area contributed by atoms with Crippen LogP contribution in [0, 0.1) is 40.8 Å². The van der Waals surface area contributed by atoms with E-state index in [1.807, 2.05) is 0 Å². The van der Waals surface area contributed by atoms with E-state index in [2.05, 4.69) is 0 Å². The summed E-state index contributed by atoms with van der Waals surface area (Å²) in [4.78, 5) is 0. The Morgan fingerprint density at radius 2 is 0.429 bits per heavy atom. The van der Waals surface area contributed by atoms with E-state index in [9.17, 15) is 0 Å². The number of hydrogen-bond acceptors (Lipinski definition) is 0. The van der Waals surface area contributed by atoms with Gasteiger partial charge >= 0.3 is 57.9 Å². The van der Waals surface area contributed by atoms with Gasteiger partial charge in [-0.3, -0.25) is 0 Å². The molecule has 0 unspecified atom stereocenters. The van der Waals surface area contributed by atoms with Gasteiger partial charge in [0.25, 0.3) is 0 Å². The quantitative estimate of drug-likeness (QED) is 0.385. The first-order chi connectivity index (χ1) is 0. The molecule has 0 atom stereocenters. The van der Waals surface area contributed by atoms with Crippen LogP contribution < -0.4 is 0 Å². The van der Waals surface area contributed by atoms with Gasteiger partial charge in [-0.05, 0) is 0 Å². The maximum atomic E-state index is 0. The molecule has 0 bridgehead atoms. The van der Waals surface area contributed by atoms with Crippen molar-refractivity contribution in [1.29, 1.82) is 0 Å². The topological polar surface area (TPSA) is 0 Å². The Balaban J connectivity index is 0. The van der Waals surface area contributed by atoms with Gasteiger partial charge in [0.05, 0.1) is 0 Å². The average molecular weight is 274 g/mol. The Kier molecular flexibility index (Phi) is 1610. The fourth-order valence-corrected chi connectivity index (χ4v) is 0. The largest absolute Gasteiger partial charge is 3.00 e. The van der Waals surface area contributed by atoms with E-state index >= 15 is 0 Å². The fraction of sp³-hybridized carbons (Fsp3) is 0. The monoisotopic (exact) mass is 273 g/mol. The molecule has 0 rings (SSSR count). The molecule has 0 amide bonds. The van der Waals surface area contributed by atoms with Crippen molar-refractivity contribution < 1.29 is 57.9 Å². The zero-order valence-electron chi connectivity index (χ0n) is 0.854. The van der Waals surface area contributed by atoms with Gasteiger partial charge in [-0.15, -0.1) is 0 Å². The van der Waals surface area contributed by atoms with Crippen molar-refractivity contribution in [2.75, 3.05) is 0 Å². The third-order valence-electron chi connectivity index (χ3n) is 0. The summed E-state index contributed by atoms with van der Waals surface area (Å²) in [5, 5.41) is 0. The molecule has 0 N–H and O–H groups in total. The molecule has 0 fully saturated rings. The van der Waals surface area contributed by atoms with Crippen molar-refractivity contribution in [2.45, 2.75) is 0 Å². The molecule has 47 valence electrons. The Morgan fingerprint density at radius 1 is 0.429 bits per heavy atom. The van der Waals surface area contributed by atoms with Gasteiger partial charge in [0.15, 0.2) is 0 Å². The number of hydrogen-bond donors (Lipinski definition) is 0. The molecule has 1 radical (unpaired) electrons. The minimum Gasteiger partial charge on any atom is -0.0626 e. The molecular weight excluding hydrogens is 254 g/mol. The molecule has 0 saturated heterocycles. The standard InChI is InChI=1S/5BH4.Fe.Nd/h5*1H4;;/q5*-1;+2;+3. The second kappa shape index (κ2) is 88.1. The first-order valence-corrected chi connectivity index (χ1v) is 0. The van der Waals surface area contributed by atoms with Gasteiger partial charge in [0.2, 0.25) is 0 Å². The summed E-state index contributed by atoms with van der Waals surface area (Å²) in [5.41, 5.74) is 0. The van der Waals surface area contributed by atoms with E-state index in [1.165, 1.54) is 0 Å². The average Bonchev–Trinajstić information content (AvgIpc) is 0. The van der Waals surface area contributed by atoms with Crippen molar-refractivity contribution in [3.05, 3.63) is 0 Å². The summed E-state index contributed by atoms with van der Waals surface area (Å²) < 4.78 is 0. The minimum absolute atomic E-state index is 0. The molecule has 0 aliphatic carbocycles. The molecular formula is H20B5FeNd. The predicted octanol–water partition coefficient (Wildman–Crippen LogP) is -7.26. The summed E-state index contributed by atoms with van der Waals surface area (Å²) >= 11 is 0. The van der Waals surface area contributed by atoms with E-state index in [-0.39, 0.29) is 100.0 Å². The van der Waals surface area contributed by atoms with Gasteiger partial charge in [0, 0.05) is 0 Å². The first kappa shape index (κ1) is 128. The molecule has 0 saturated carbocycles. The molecule has 0 spiro atoms. The van der Waals surface area contributed by atoms with Crippen LogP contribution in [0.15, 0.2) is 0 Å². The molecule has 0 aliphatic rings. The van der Waals surface area contributed by atoms with Crippen LogP contribution >= 0.6 is 0 Å². The summed E-state index contributed by atoms with van der Waals surface area (Å²) in [7, 11) is 0. The van der Waals surface area contributed by atoms with Crippen molar-refractivity contribution >= 4 is 42.1 Å². The first-order valence-electron chi connectivity index (χ1n) is 0. The zero-order valence-corrected chi connectivity index (χ0v) is 5.17. The third kappa shape index (κ3) is 65.3. The molecule has 7 heteroatoms. The molecule has 7 heavy (non-hydrogen) atoms. The van der Waals surface area contributed by atoms with Crippen LogP contribution in [0.3, 0.4) is 0 Å². The van der Waals surface area contributed by atoms with E-state index in [0.29, 0.717) is 0 Å². The summed E-state index contributed by atoms with van der Waals surface area (Å²) in [6.45, 7) is 0. The fourth-order valence-electron chi connectivity index (χ4n) is 0. The molecule has 0 nitrogen and oxygen atoms in total. The van der Waals surface area contributed by atoms with E-state index in [4.69, 9.17) is 0 Å². The Hall–Kier alpha value is 2.19. The van der Waals surface area contributed by atoms with E-state index in [1.54, 1.807) is 0 Å². The molecule has 0 aromatic carbocycles. The van der Waals surface area contributed by atoms with Crippen molar-refractivity contribution in [3.8, 4) is 0 Å². The smallest absolute Gasteiger partial charge is 0.0626 e. The maximum Gasteiger partial charge on any atom is 3.00 e. The molecule has 0 aromatic heterocycles. The van der Waals surface area contributed by atoms with Crippen LogP contribution in [-0.4, -0.2) is 42.1 Å². The van der Waals surface area contributed by atoms with Gasteiger partial charge < -0.3 is 0 Å². The summed E-state index contributed by atoms with van der Waals surface area (Å²) in [6, 6.07) is 0. The van der Waals surface area contributed by atoms with Crippen LogP contribution in [-0.2, 0) is 17.1 Å². The predicted molar refractivity (Wildman–Crippen MR) is 56.7 cm³/mol. The second-order valence-electron chi connectivity index (χ2n) is 0. The maximum absolute atomic E-state index is 0. The molecule has 0 heterocycles. The SMILES string of the molecule is [BH4-].[BH4-].[BH4-].[BH4-].[BH4-].[Fe+2].[Nd+3]. The van der Waals surface area contributed by atoms with E-state index in [0.717, 1.165) is 0 Å². The van der Waals surface area contributed by atoms with Crippen molar-refractivity contribution in [1.82, 2.24) is 0 Å². The molecule has 0 aliphatic heterocycles. The van der Waals surface area contributed by atoms with Crippen molar-refractivity contribution in [3.63, 3.8) is 0 Å². The van der Waals surface area contributed by atoms with Gasteiger partial charge in [-0.25, -0.2) is 0 Å². The normalized spacial score (nSPS) is 0. The van der Waals surface area contributed by atoms with Gasteiger partial charge in [0.1, 0.15) is 0 Å². The molecule has 0 aromatic rings. The van der Waals surface area contributed by atoms with Gasteiger partial charge in [-0.2, -0.15) is 0 Å². The Morgan fingerprint density at radius 3 is 0.429 bits per heavy atom. The van der Waals surface area contributed by atoms with Gasteiger partial charge in [-0.1, -0.05) is 42.1 Å². The minimum atomic E-state index is 0. The van der Waals surface area contributed by atoms with Crippen LogP contribution in [0.2, 0.25) is 0 Å². The van der Waals surface area contributed by atoms with Crippen LogP contribution in [0.25, 0.3) is 0 Å². The summed E-state index contributed by atoms with van der Waals surface area (Å²) in [5.74, 6) is 0. The summed E-state index contributed by atoms with van der Waals surface area (Å²) in [6.07, 6.45) is 0. The van der Waals surface area contributed by atoms with Crippen LogP contribution in [0.5, 0.6) is 0 Å². The van der Waals surface area contributed by atoms with Crippen LogP contribution in [0.4, 0.5) is 0 Å². The van der Waals surface area contributed by atoms with E-state index < -0.39 is 0 Å². The Labute approximate surface area is 98.6 Å². The zero-order chi connectivity index (χ0) is 0. The second-order valence-corrected chi connectivity index (χ2v) is 0. The Bertz CT molecular complexity index is 8.04. The third-order valence-corrected chi connectivity index (χ3v) is 0. The van der Waals surface area contributed by atoms with Crippen molar-refractivity contribution in [2.24, 2.45) is 0 Å². The van der Waals surface area contributed by atoms with Crippen LogP contribution in [0.1, 0.15) is 0 Å². The number of rotatable bonds is 0.